The third-order valence-electron chi connectivity index (χ3n) is 4.92. The van der Waals surface area contributed by atoms with E-state index in [0.29, 0.717) is 31.4 Å². The van der Waals surface area contributed by atoms with Crippen LogP contribution in [0.1, 0.15) is 37.0 Å². The summed E-state index contributed by atoms with van der Waals surface area (Å²) < 4.78 is 5.35. The Morgan fingerprint density at radius 3 is 2.88 bits per heavy atom. The average molecular weight is 446 g/mol. The Morgan fingerprint density at radius 2 is 2.12 bits per heavy atom. The lowest BCUT2D eigenvalue weighted by Crippen LogP contribution is -2.47. The van der Waals surface area contributed by atoms with E-state index >= 15 is 0 Å². The Kier molecular flexibility index (Phi) is 5.21. The highest BCUT2D eigenvalue weighted by Crippen LogP contribution is 2.32. The predicted octanol–water partition coefficient (Wildman–Crippen LogP) is 1.86. The lowest BCUT2D eigenvalue weighted by molar-refractivity contribution is -0.527. The van der Waals surface area contributed by atoms with Gasteiger partial charge in [0.1, 0.15) is 5.76 Å². The molecule has 8 heteroatoms. The number of aryl methyl sites for hydroxylation is 1. The normalized spacial score (nSPS) is 29.5. The van der Waals surface area contributed by atoms with Crippen LogP contribution in [0, 0.1) is 16.0 Å². The Morgan fingerprint density at radius 1 is 1.33 bits per heavy atom. The van der Waals surface area contributed by atoms with Gasteiger partial charge in [-0.05, 0) is 30.9 Å². The van der Waals surface area contributed by atoms with Crippen molar-refractivity contribution in [2.24, 2.45) is 5.92 Å². The van der Waals surface area contributed by atoms with Crippen LogP contribution in [0.3, 0.4) is 0 Å². The van der Waals surface area contributed by atoms with Crippen molar-refractivity contribution in [3.05, 3.63) is 44.0 Å². The van der Waals surface area contributed by atoms with Gasteiger partial charge in [-0.15, -0.1) is 0 Å². The van der Waals surface area contributed by atoms with Crippen molar-refractivity contribution in [2.45, 2.75) is 54.5 Å². The molecule has 4 atom stereocenters. The molecular weight excluding hydrogens is 427 g/mol. The second-order valence-electron chi connectivity index (χ2n) is 6.53. The molecule has 130 valence electrons. The van der Waals surface area contributed by atoms with Gasteiger partial charge in [-0.2, -0.15) is 0 Å². The molecule has 0 aromatic carbocycles. The van der Waals surface area contributed by atoms with Gasteiger partial charge >= 0.3 is 5.63 Å². The highest BCUT2D eigenvalue weighted by molar-refractivity contribution is 14.1. The molecule has 0 saturated heterocycles. The molecule has 24 heavy (non-hydrogen) atoms. The smallest absolute Gasteiger partial charge is 0.335 e. The van der Waals surface area contributed by atoms with Gasteiger partial charge in [-0.25, -0.2) is 4.79 Å². The molecular formula is C16H19IN2O5. The van der Waals surface area contributed by atoms with Gasteiger partial charge in [0.2, 0.25) is 11.9 Å². The van der Waals surface area contributed by atoms with Crippen LogP contribution in [0.25, 0.3) is 0 Å². The van der Waals surface area contributed by atoms with Crippen LogP contribution in [0.2, 0.25) is 0 Å². The maximum absolute atomic E-state index is 12.6. The first-order valence-corrected chi connectivity index (χ1v) is 9.38. The first-order chi connectivity index (χ1) is 11.4. The fourth-order valence-electron chi connectivity index (χ4n) is 3.54. The number of nitrogens with zero attached hydrogens (tertiary/aromatic N) is 1. The summed E-state index contributed by atoms with van der Waals surface area (Å²) >= 11 is 2.22. The van der Waals surface area contributed by atoms with E-state index in [-0.39, 0.29) is 32.3 Å². The van der Waals surface area contributed by atoms with E-state index in [1.807, 2.05) is 0 Å². The second-order valence-corrected chi connectivity index (χ2v) is 8.13. The largest absolute Gasteiger partial charge is 0.428 e. The minimum absolute atomic E-state index is 0.0878. The van der Waals surface area contributed by atoms with Gasteiger partial charge in [-0.1, -0.05) is 22.6 Å². The van der Waals surface area contributed by atoms with Crippen LogP contribution in [0.15, 0.2) is 21.3 Å². The van der Waals surface area contributed by atoms with Crippen LogP contribution >= 0.6 is 22.6 Å². The maximum Gasteiger partial charge on any atom is 0.335 e. The predicted molar refractivity (Wildman–Crippen MR) is 94.9 cm³/mol. The van der Waals surface area contributed by atoms with E-state index in [9.17, 15) is 19.7 Å². The van der Waals surface area contributed by atoms with Crippen molar-refractivity contribution in [1.29, 1.82) is 0 Å². The number of amides is 1. The van der Waals surface area contributed by atoms with Gasteiger partial charge in [0.05, 0.1) is 5.92 Å². The number of alkyl halides is 1. The van der Waals surface area contributed by atoms with Crippen LogP contribution in [0.4, 0.5) is 0 Å². The highest BCUT2D eigenvalue weighted by atomic mass is 127. The monoisotopic (exact) mass is 446 g/mol. The number of rotatable bonds is 3. The van der Waals surface area contributed by atoms with Gasteiger partial charge in [0.25, 0.3) is 0 Å². The molecule has 3 rings (SSSR count). The first-order valence-electron chi connectivity index (χ1n) is 8.14. The van der Waals surface area contributed by atoms with Gasteiger partial charge in [0, 0.05) is 40.2 Å². The van der Waals surface area contributed by atoms with E-state index in [2.05, 4.69) is 27.9 Å². The number of carbonyl (C=O) groups is 1. The van der Waals surface area contributed by atoms with Crippen molar-refractivity contribution in [1.82, 2.24) is 5.32 Å². The Hall–Kier alpha value is -1.45. The molecule has 1 amide bonds. The van der Waals surface area contributed by atoms with E-state index < -0.39 is 6.04 Å². The number of fused-ring (bicyclic) bond motifs is 1. The van der Waals surface area contributed by atoms with Crippen molar-refractivity contribution in [3.63, 3.8) is 0 Å². The van der Waals surface area contributed by atoms with Crippen molar-refractivity contribution in [3.8, 4) is 0 Å². The number of nitro groups is 1. The molecule has 2 aliphatic rings. The summed E-state index contributed by atoms with van der Waals surface area (Å²) in [4.78, 5) is 34.7. The molecule has 1 heterocycles. The second kappa shape index (κ2) is 7.20. The molecule has 0 radical (unpaired) electrons. The molecule has 1 saturated carbocycles. The standard InChI is InChI=1S/C16H19IN2O5/c17-13-5-4-11(19(22)23)8-12(13)16(21)18-10-3-1-9-2-6-15(20)24-14(9)7-10/h2,6,10-13H,1,3-5,7-8H2,(H,18,21). The van der Waals surface area contributed by atoms with E-state index in [4.69, 9.17) is 4.42 Å². The quantitative estimate of drug-likeness (QED) is 0.331. The van der Waals surface area contributed by atoms with E-state index in [1.54, 1.807) is 6.07 Å². The van der Waals surface area contributed by atoms with Gasteiger partial charge in [0.15, 0.2) is 0 Å². The number of carbonyl (C=O) groups excluding carboxylic acids is 1. The lowest BCUT2D eigenvalue weighted by atomic mass is 9.84. The summed E-state index contributed by atoms with van der Waals surface area (Å²) in [6, 6.07) is 2.48. The zero-order valence-corrected chi connectivity index (χ0v) is 15.2. The molecule has 1 aromatic heterocycles. The van der Waals surface area contributed by atoms with Crippen molar-refractivity contribution < 1.29 is 14.1 Å². The highest BCUT2D eigenvalue weighted by Gasteiger charge is 2.39. The molecule has 0 spiro atoms. The Balaban J connectivity index is 1.64. The summed E-state index contributed by atoms with van der Waals surface area (Å²) in [5.41, 5.74) is 0.632. The van der Waals surface area contributed by atoms with Crippen LogP contribution in [-0.4, -0.2) is 26.8 Å². The molecule has 1 fully saturated rings. The maximum atomic E-state index is 12.6. The number of halogens is 1. The van der Waals surface area contributed by atoms with Crippen molar-refractivity contribution >= 4 is 28.5 Å². The van der Waals surface area contributed by atoms with Gasteiger partial charge < -0.3 is 9.73 Å². The lowest BCUT2D eigenvalue weighted by Gasteiger charge is -2.31. The van der Waals surface area contributed by atoms with Gasteiger partial charge in [-0.3, -0.25) is 14.9 Å². The summed E-state index contributed by atoms with van der Waals surface area (Å²) in [6.45, 7) is 0. The number of hydrogen-bond donors (Lipinski definition) is 1. The molecule has 4 unspecified atom stereocenters. The zero-order chi connectivity index (χ0) is 17.3. The molecule has 1 aromatic rings. The minimum Gasteiger partial charge on any atom is -0.428 e. The molecule has 1 N–H and O–H groups in total. The molecule has 2 aliphatic carbocycles. The first kappa shape index (κ1) is 17.4. The van der Waals surface area contributed by atoms with Crippen LogP contribution in [-0.2, 0) is 17.6 Å². The summed E-state index contributed by atoms with van der Waals surface area (Å²) in [7, 11) is 0. The summed E-state index contributed by atoms with van der Waals surface area (Å²) in [5, 5.41) is 14.0. The molecule has 7 nitrogen and oxygen atoms in total. The fraction of sp³-hybridized carbons (Fsp3) is 0.625. The zero-order valence-electron chi connectivity index (χ0n) is 13.1. The third kappa shape index (κ3) is 3.79. The number of hydrogen-bond acceptors (Lipinski definition) is 5. The Labute approximate surface area is 152 Å². The fourth-order valence-corrected chi connectivity index (χ4v) is 4.52. The third-order valence-corrected chi connectivity index (χ3v) is 6.41. The summed E-state index contributed by atoms with van der Waals surface area (Å²) in [6.07, 6.45) is 3.54. The summed E-state index contributed by atoms with van der Waals surface area (Å²) in [5.74, 6) is 0.184. The molecule has 0 aliphatic heterocycles. The van der Waals surface area contributed by atoms with Crippen LogP contribution in [0.5, 0.6) is 0 Å². The molecule has 0 bridgehead atoms. The van der Waals surface area contributed by atoms with E-state index in [1.165, 1.54) is 6.07 Å². The minimum atomic E-state index is -0.628. The van der Waals surface area contributed by atoms with E-state index in [0.717, 1.165) is 18.4 Å². The van der Waals surface area contributed by atoms with Crippen LogP contribution < -0.4 is 10.9 Å². The average Bonchev–Trinajstić information content (AvgIpc) is 2.54. The Bertz CT molecular complexity index is 704. The SMILES string of the molecule is O=C(NC1CCc2ccc(=O)oc2C1)C1CC([N+](=O)[O-])CCC1I. The topological polar surface area (TPSA) is 102 Å². The van der Waals surface area contributed by atoms with Crippen molar-refractivity contribution in [2.75, 3.05) is 0 Å². The number of nitrogens with one attached hydrogen (secondary N) is 1.